The van der Waals surface area contributed by atoms with E-state index in [0.29, 0.717) is 11.3 Å². The van der Waals surface area contributed by atoms with Crippen molar-refractivity contribution in [2.75, 3.05) is 6.54 Å². The molecule has 1 N–H and O–H groups in total. The second kappa shape index (κ2) is 10.3. The van der Waals surface area contributed by atoms with Crippen LogP contribution in [0.2, 0.25) is 0 Å². The number of hydrogen-bond acceptors (Lipinski definition) is 8. The highest BCUT2D eigenvalue weighted by atomic mass is 32.2. The van der Waals surface area contributed by atoms with Gasteiger partial charge in [0.2, 0.25) is 5.88 Å². The van der Waals surface area contributed by atoms with E-state index in [9.17, 15) is 24.8 Å². The number of carbonyl (C=O) groups excluding carboxylic acids is 2. The number of thiocarbonyl (C=S) groups is 1. The summed E-state index contributed by atoms with van der Waals surface area (Å²) in [4.78, 5) is 41.1. The maximum atomic E-state index is 13.2. The van der Waals surface area contributed by atoms with Gasteiger partial charge in [-0.15, -0.1) is 11.3 Å². The smallest absolute Gasteiger partial charge is 0.271 e. The van der Waals surface area contributed by atoms with Gasteiger partial charge in [0.15, 0.2) is 5.78 Å². The van der Waals surface area contributed by atoms with E-state index >= 15 is 0 Å². The number of ketones is 1. The predicted octanol–water partition coefficient (Wildman–Crippen LogP) is 4.07. The van der Waals surface area contributed by atoms with E-state index in [1.165, 1.54) is 23.2 Å². The monoisotopic (exact) mass is 487 g/mol. The highest BCUT2D eigenvalue weighted by Crippen LogP contribution is 2.34. The van der Waals surface area contributed by atoms with Gasteiger partial charge in [0.1, 0.15) is 16.0 Å². The van der Waals surface area contributed by atoms with E-state index in [0.717, 1.165) is 34.0 Å². The number of carbonyl (C=O) groups is 2. The molecular weight excluding hydrogens is 466 g/mol. The molecule has 0 atom stereocenters. The summed E-state index contributed by atoms with van der Waals surface area (Å²) in [7, 11) is 0. The van der Waals surface area contributed by atoms with Crippen LogP contribution in [-0.4, -0.2) is 37.1 Å². The van der Waals surface area contributed by atoms with Crippen molar-refractivity contribution in [3.8, 4) is 11.9 Å². The van der Waals surface area contributed by atoms with Gasteiger partial charge in [-0.2, -0.15) is 5.26 Å². The minimum atomic E-state index is -0.625. The Hall–Kier alpha value is -2.74. The number of unbranched alkanes of at least 4 members (excludes halogenated alkanes) is 2. The molecule has 7 nitrogen and oxygen atoms in total. The number of Topliss-reactive ketones (excluding diaryl/α,β-unsaturated/α-hetero) is 1. The molecule has 1 saturated heterocycles. The minimum Gasteiger partial charge on any atom is -0.494 e. The van der Waals surface area contributed by atoms with Crippen LogP contribution in [0, 0.1) is 18.3 Å². The number of nitriles is 1. The molecule has 3 heterocycles. The Labute approximate surface area is 199 Å². The van der Waals surface area contributed by atoms with Crippen LogP contribution >= 0.6 is 35.3 Å². The van der Waals surface area contributed by atoms with Crippen LogP contribution < -0.4 is 5.56 Å². The maximum Gasteiger partial charge on any atom is 0.271 e. The molecule has 0 unspecified atom stereocenters. The maximum absolute atomic E-state index is 13.2. The largest absolute Gasteiger partial charge is 0.494 e. The lowest BCUT2D eigenvalue weighted by molar-refractivity contribution is -0.121. The Morgan fingerprint density at radius 3 is 2.72 bits per heavy atom. The quantitative estimate of drug-likeness (QED) is 0.259. The lowest BCUT2D eigenvalue weighted by Gasteiger charge is -2.18. The fourth-order valence-corrected chi connectivity index (χ4v) is 5.35. The number of pyridine rings is 1. The molecule has 1 amide bonds. The summed E-state index contributed by atoms with van der Waals surface area (Å²) in [6.07, 6.45) is 4.08. The van der Waals surface area contributed by atoms with Gasteiger partial charge in [-0.3, -0.25) is 23.9 Å². The topological polar surface area (TPSA) is 103 Å². The number of nitrogens with zero attached hydrogens (tertiary/aromatic N) is 3. The number of thioether (sulfide) groups is 1. The van der Waals surface area contributed by atoms with Crippen LogP contribution in [0.15, 0.2) is 27.2 Å². The molecule has 0 aliphatic carbocycles. The van der Waals surface area contributed by atoms with Crippen LogP contribution in [-0.2, 0) is 11.3 Å². The summed E-state index contributed by atoms with van der Waals surface area (Å²) in [6.45, 7) is 3.25. The van der Waals surface area contributed by atoms with Crippen molar-refractivity contribution >= 4 is 57.4 Å². The van der Waals surface area contributed by atoms with Crippen LogP contribution in [0.25, 0.3) is 6.08 Å². The number of aromatic nitrogens is 1. The number of thiophene rings is 1. The molecule has 10 heteroatoms. The normalized spacial score (nSPS) is 14.9. The molecule has 2 aromatic rings. The molecule has 0 saturated carbocycles. The zero-order chi connectivity index (χ0) is 23.4. The Morgan fingerprint density at radius 1 is 1.34 bits per heavy atom. The molecule has 166 valence electrons. The molecule has 0 bridgehead atoms. The van der Waals surface area contributed by atoms with E-state index in [4.69, 9.17) is 12.2 Å². The Kier molecular flexibility index (Phi) is 7.66. The van der Waals surface area contributed by atoms with Gasteiger partial charge in [0, 0.05) is 11.4 Å². The lowest BCUT2D eigenvalue weighted by atomic mass is 10.0. The average Bonchev–Trinajstić information content (AvgIpc) is 3.35. The molecule has 0 radical (unpaired) electrons. The third-order valence-electron chi connectivity index (χ3n) is 5.06. The molecular formula is C22H21N3O4S3. The van der Waals surface area contributed by atoms with E-state index in [2.05, 4.69) is 0 Å². The van der Waals surface area contributed by atoms with Crippen molar-refractivity contribution in [2.24, 2.45) is 0 Å². The van der Waals surface area contributed by atoms with Crippen molar-refractivity contribution < 1.29 is 14.7 Å². The number of hydrogen-bond donors (Lipinski definition) is 1. The fourth-order valence-electron chi connectivity index (χ4n) is 3.37. The van der Waals surface area contributed by atoms with Crippen LogP contribution in [0.1, 0.15) is 52.5 Å². The predicted molar refractivity (Wildman–Crippen MR) is 130 cm³/mol. The summed E-state index contributed by atoms with van der Waals surface area (Å²) < 4.78 is 1.30. The molecule has 0 spiro atoms. The van der Waals surface area contributed by atoms with Gasteiger partial charge in [-0.25, -0.2) is 0 Å². The first-order chi connectivity index (χ1) is 15.3. The van der Waals surface area contributed by atoms with Crippen LogP contribution in [0.5, 0.6) is 5.88 Å². The third kappa shape index (κ3) is 4.70. The summed E-state index contributed by atoms with van der Waals surface area (Å²) in [5, 5.41) is 22.1. The van der Waals surface area contributed by atoms with E-state index in [-0.39, 0.29) is 27.6 Å². The Morgan fingerprint density at radius 2 is 2.09 bits per heavy atom. The molecule has 0 aromatic carbocycles. The second-order valence-electron chi connectivity index (χ2n) is 7.18. The first kappa shape index (κ1) is 23.9. The average molecular weight is 488 g/mol. The zero-order valence-electron chi connectivity index (χ0n) is 17.6. The SMILES string of the molecule is CCCCCn1c(O)c(C(=O)CN2C(=O)/C(=C/c3cccs3)SC2=S)c(C)c(C#N)c1=O. The Bertz CT molecular complexity index is 1210. The summed E-state index contributed by atoms with van der Waals surface area (Å²) in [5.41, 5.74) is -0.842. The summed E-state index contributed by atoms with van der Waals surface area (Å²) >= 11 is 7.88. The fraction of sp³-hybridized carbons (Fsp3) is 0.318. The number of aromatic hydroxyl groups is 1. The van der Waals surface area contributed by atoms with Crippen molar-refractivity contribution in [1.29, 1.82) is 5.26 Å². The van der Waals surface area contributed by atoms with Gasteiger partial charge in [0.25, 0.3) is 11.5 Å². The third-order valence-corrected chi connectivity index (χ3v) is 7.25. The van der Waals surface area contributed by atoms with E-state index < -0.39 is 29.7 Å². The van der Waals surface area contributed by atoms with Gasteiger partial charge in [0.05, 0.1) is 17.0 Å². The summed E-state index contributed by atoms with van der Waals surface area (Å²) in [6, 6.07) is 5.58. The van der Waals surface area contributed by atoms with Gasteiger partial charge in [-0.1, -0.05) is 49.8 Å². The first-order valence-electron chi connectivity index (χ1n) is 9.98. The molecule has 3 rings (SSSR count). The van der Waals surface area contributed by atoms with Crippen molar-refractivity contribution in [3.63, 3.8) is 0 Å². The van der Waals surface area contributed by atoms with E-state index in [1.54, 1.807) is 6.08 Å². The molecule has 32 heavy (non-hydrogen) atoms. The second-order valence-corrected chi connectivity index (χ2v) is 9.84. The van der Waals surface area contributed by atoms with Crippen molar-refractivity contribution in [3.05, 3.63) is 54.3 Å². The number of rotatable bonds is 8. The Balaban J connectivity index is 1.93. The van der Waals surface area contributed by atoms with Crippen LogP contribution in [0.3, 0.4) is 0 Å². The van der Waals surface area contributed by atoms with E-state index in [1.807, 2.05) is 30.5 Å². The molecule has 1 aliphatic rings. The van der Waals surface area contributed by atoms with Crippen molar-refractivity contribution in [2.45, 2.75) is 39.7 Å². The van der Waals surface area contributed by atoms with Crippen molar-refractivity contribution in [1.82, 2.24) is 9.47 Å². The van der Waals surface area contributed by atoms with Gasteiger partial charge < -0.3 is 5.11 Å². The van der Waals surface area contributed by atoms with Crippen LogP contribution in [0.4, 0.5) is 0 Å². The lowest BCUT2D eigenvalue weighted by Crippen LogP contribution is -2.35. The minimum absolute atomic E-state index is 0.103. The molecule has 1 fully saturated rings. The first-order valence-corrected chi connectivity index (χ1v) is 12.1. The highest BCUT2D eigenvalue weighted by Gasteiger charge is 2.35. The number of amides is 1. The zero-order valence-corrected chi connectivity index (χ0v) is 20.0. The summed E-state index contributed by atoms with van der Waals surface area (Å²) in [5.74, 6) is -1.46. The van der Waals surface area contributed by atoms with Gasteiger partial charge >= 0.3 is 0 Å². The molecule has 1 aliphatic heterocycles. The standard InChI is InChI=1S/C22H21N3O4S3/c1-3-4-5-8-24-19(27)15(11-23)13(2)18(21(24)29)16(26)12-25-20(28)17(32-22(25)30)10-14-7-6-9-31-14/h6-7,9-10,29H,3-5,8,12H2,1-2H3/b17-10-. The highest BCUT2D eigenvalue weighted by molar-refractivity contribution is 8.26. The van der Waals surface area contributed by atoms with Gasteiger partial charge in [-0.05, 0) is 36.4 Å². The molecule has 2 aromatic heterocycles.